The second kappa shape index (κ2) is 9.08. The van der Waals surface area contributed by atoms with Crippen LogP contribution < -0.4 is 10.6 Å². The number of hydrogen-bond donors (Lipinski definition) is 2. The number of ether oxygens (including phenoxy) is 2. The molecular formula is C13H22N4O3. The second-order valence-corrected chi connectivity index (χ2v) is 4.05. The molecule has 0 fully saturated rings. The number of carbonyl (C=O) groups excluding carboxylic acids is 1. The Kier molecular flexibility index (Phi) is 7.34. The minimum atomic E-state index is -0.349. The fourth-order valence-corrected chi connectivity index (χ4v) is 1.42. The number of carbonyl (C=O) groups is 1. The Labute approximate surface area is 119 Å². The Morgan fingerprint density at radius 2 is 1.95 bits per heavy atom. The van der Waals surface area contributed by atoms with Crippen molar-refractivity contribution in [3.8, 4) is 0 Å². The zero-order valence-electron chi connectivity index (χ0n) is 12.2. The molecule has 1 aromatic heterocycles. The standard InChI is InChI=1S/C13H22N4O3/c1-4-6-14-10-7-11(15-8-13(18)19-3)17-12(16-10)9-20-5-2/h7H,4-6,8-9H2,1-3H3,(H2,14,15,16,17). The fraction of sp³-hybridized carbons (Fsp3) is 0.615. The van der Waals surface area contributed by atoms with Crippen molar-refractivity contribution in [2.45, 2.75) is 26.9 Å². The van der Waals surface area contributed by atoms with Gasteiger partial charge in [0.2, 0.25) is 0 Å². The van der Waals surface area contributed by atoms with Crippen molar-refractivity contribution < 1.29 is 14.3 Å². The third-order valence-electron chi connectivity index (χ3n) is 2.41. The average Bonchev–Trinajstić information content (AvgIpc) is 2.48. The molecule has 0 aliphatic rings. The van der Waals surface area contributed by atoms with E-state index < -0.39 is 0 Å². The Bertz CT molecular complexity index is 400. The molecule has 20 heavy (non-hydrogen) atoms. The van der Waals surface area contributed by atoms with Gasteiger partial charge in [-0.3, -0.25) is 4.79 Å². The first kappa shape index (κ1) is 16.2. The van der Waals surface area contributed by atoms with Gasteiger partial charge in [-0.2, -0.15) is 0 Å². The lowest BCUT2D eigenvalue weighted by Gasteiger charge is -2.10. The molecule has 1 aromatic rings. The maximum Gasteiger partial charge on any atom is 0.325 e. The van der Waals surface area contributed by atoms with Crippen LogP contribution in [0.5, 0.6) is 0 Å². The first-order chi connectivity index (χ1) is 9.69. The summed E-state index contributed by atoms with van der Waals surface area (Å²) in [7, 11) is 1.35. The van der Waals surface area contributed by atoms with Crippen molar-refractivity contribution in [1.29, 1.82) is 0 Å². The van der Waals surface area contributed by atoms with E-state index in [4.69, 9.17) is 4.74 Å². The van der Waals surface area contributed by atoms with Gasteiger partial charge in [0.25, 0.3) is 0 Å². The van der Waals surface area contributed by atoms with Crippen LogP contribution in [0.15, 0.2) is 6.07 Å². The van der Waals surface area contributed by atoms with Crippen molar-refractivity contribution in [2.24, 2.45) is 0 Å². The molecule has 0 amide bonds. The van der Waals surface area contributed by atoms with Crippen LogP contribution in [0, 0.1) is 0 Å². The van der Waals surface area contributed by atoms with Gasteiger partial charge in [0.05, 0.1) is 7.11 Å². The van der Waals surface area contributed by atoms with Gasteiger partial charge in [0, 0.05) is 19.2 Å². The lowest BCUT2D eigenvalue weighted by atomic mass is 10.4. The van der Waals surface area contributed by atoms with Crippen LogP contribution in [0.1, 0.15) is 26.1 Å². The van der Waals surface area contributed by atoms with E-state index in [0.29, 0.717) is 30.7 Å². The van der Waals surface area contributed by atoms with Crippen LogP contribution in [0.2, 0.25) is 0 Å². The summed E-state index contributed by atoms with van der Waals surface area (Å²) in [5.41, 5.74) is 0. The summed E-state index contributed by atoms with van der Waals surface area (Å²) in [6.45, 7) is 5.81. The van der Waals surface area contributed by atoms with Gasteiger partial charge in [0.15, 0.2) is 5.82 Å². The summed E-state index contributed by atoms with van der Waals surface area (Å²) >= 11 is 0. The predicted octanol–water partition coefficient (Wildman–Crippen LogP) is 1.42. The molecule has 0 aromatic carbocycles. The Morgan fingerprint density at radius 3 is 2.55 bits per heavy atom. The van der Waals surface area contributed by atoms with E-state index in [2.05, 4.69) is 32.3 Å². The zero-order chi connectivity index (χ0) is 14.8. The highest BCUT2D eigenvalue weighted by Crippen LogP contribution is 2.12. The highest BCUT2D eigenvalue weighted by Gasteiger charge is 2.06. The van der Waals surface area contributed by atoms with E-state index in [1.165, 1.54) is 7.11 Å². The van der Waals surface area contributed by atoms with Crippen LogP contribution in [-0.2, 0) is 20.9 Å². The summed E-state index contributed by atoms with van der Waals surface area (Å²) in [4.78, 5) is 19.8. The molecule has 0 saturated heterocycles. The van der Waals surface area contributed by atoms with Gasteiger partial charge in [-0.05, 0) is 13.3 Å². The minimum absolute atomic E-state index is 0.0643. The van der Waals surface area contributed by atoms with E-state index >= 15 is 0 Å². The molecule has 0 spiro atoms. The van der Waals surface area contributed by atoms with Gasteiger partial charge in [-0.25, -0.2) is 9.97 Å². The van der Waals surface area contributed by atoms with E-state index in [-0.39, 0.29) is 12.5 Å². The van der Waals surface area contributed by atoms with Crippen molar-refractivity contribution in [3.63, 3.8) is 0 Å². The Morgan fingerprint density at radius 1 is 1.25 bits per heavy atom. The van der Waals surface area contributed by atoms with E-state index in [0.717, 1.165) is 13.0 Å². The third-order valence-corrected chi connectivity index (χ3v) is 2.41. The van der Waals surface area contributed by atoms with Gasteiger partial charge >= 0.3 is 5.97 Å². The van der Waals surface area contributed by atoms with Crippen LogP contribution in [-0.4, -0.2) is 42.7 Å². The second-order valence-electron chi connectivity index (χ2n) is 4.05. The minimum Gasteiger partial charge on any atom is -0.468 e. The largest absolute Gasteiger partial charge is 0.468 e. The van der Waals surface area contributed by atoms with Gasteiger partial charge < -0.3 is 20.1 Å². The number of anilines is 2. The smallest absolute Gasteiger partial charge is 0.325 e. The van der Waals surface area contributed by atoms with Crippen molar-refractivity contribution in [2.75, 3.05) is 37.4 Å². The number of nitrogens with zero attached hydrogens (tertiary/aromatic N) is 2. The van der Waals surface area contributed by atoms with Gasteiger partial charge in [-0.15, -0.1) is 0 Å². The summed E-state index contributed by atoms with van der Waals surface area (Å²) in [5, 5.41) is 6.10. The maximum absolute atomic E-state index is 11.1. The number of esters is 1. The molecule has 1 rings (SSSR count). The maximum atomic E-state index is 11.1. The molecule has 0 bridgehead atoms. The molecule has 0 unspecified atom stereocenters. The first-order valence-electron chi connectivity index (χ1n) is 6.69. The molecule has 0 atom stereocenters. The highest BCUT2D eigenvalue weighted by molar-refractivity contribution is 5.74. The number of aromatic nitrogens is 2. The molecule has 0 radical (unpaired) electrons. The number of rotatable bonds is 9. The zero-order valence-corrected chi connectivity index (χ0v) is 12.2. The lowest BCUT2D eigenvalue weighted by molar-refractivity contribution is -0.138. The first-order valence-corrected chi connectivity index (χ1v) is 6.69. The van der Waals surface area contributed by atoms with Gasteiger partial charge in [0.1, 0.15) is 24.8 Å². The molecule has 0 aliphatic heterocycles. The topological polar surface area (TPSA) is 85.4 Å². The summed E-state index contributed by atoms with van der Waals surface area (Å²) in [6.07, 6.45) is 0.996. The van der Waals surface area contributed by atoms with Crippen LogP contribution in [0.25, 0.3) is 0 Å². The SMILES string of the molecule is CCCNc1cc(NCC(=O)OC)nc(COCC)n1. The van der Waals surface area contributed by atoms with Crippen molar-refractivity contribution >= 4 is 17.6 Å². The van der Waals surface area contributed by atoms with Crippen LogP contribution in [0.3, 0.4) is 0 Å². The molecule has 7 heteroatoms. The fourth-order valence-electron chi connectivity index (χ4n) is 1.42. The molecule has 112 valence electrons. The molecule has 0 saturated carbocycles. The van der Waals surface area contributed by atoms with E-state index in [1.807, 2.05) is 6.92 Å². The highest BCUT2D eigenvalue weighted by atomic mass is 16.5. The molecule has 0 aliphatic carbocycles. The molecule has 7 nitrogen and oxygen atoms in total. The molecular weight excluding hydrogens is 260 g/mol. The third kappa shape index (κ3) is 5.83. The van der Waals surface area contributed by atoms with Crippen molar-refractivity contribution in [1.82, 2.24) is 9.97 Å². The number of nitrogens with one attached hydrogen (secondary N) is 2. The Hall–Kier alpha value is -1.89. The normalized spacial score (nSPS) is 10.2. The predicted molar refractivity (Wildman–Crippen MR) is 76.6 cm³/mol. The number of hydrogen-bond acceptors (Lipinski definition) is 7. The molecule has 2 N–H and O–H groups in total. The van der Waals surface area contributed by atoms with Crippen LogP contribution in [0.4, 0.5) is 11.6 Å². The van der Waals surface area contributed by atoms with Crippen molar-refractivity contribution in [3.05, 3.63) is 11.9 Å². The van der Waals surface area contributed by atoms with Gasteiger partial charge in [-0.1, -0.05) is 6.92 Å². The lowest BCUT2D eigenvalue weighted by Crippen LogP contribution is -2.17. The Balaban J connectivity index is 2.76. The summed E-state index contributed by atoms with van der Waals surface area (Å²) < 4.78 is 9.89. The summed E-state index contributed by atoms with van der Waals surface area (Å²) in [5.74, 6) is 1.50. The molecule has 1 heterocycles. The van der Waals surface area contributed by atoms with E-state index in [9.17, 15) is 4.79 Å². The number of methoxy groups -OCH3 is 1. The quantitative estimate of drug-likeness (QED) is 0.662. The average molecular weight is 282 g/mol. The summed E-state index contributed by atoms with van der Waals surface area (Å²) in [6, 6.07) is 1.76. The van der Waals surface area contributed by atoms with E-state index in [1.54, 1.807) is 6.07 Å². The van der Waals surface area contributed by atoms with Crippen LogP contribution >= 0.6 is 0 Å². The monoisotopic (exact) mass is 282 g/mol.